The van der Waals surface area contributed by atoms with Gasteiger partial charge in [0.15, 0.2) is 0 Å². The molecule has 4 heterocycles. The first kappa shape index (κ1) is 18.5. The van der Waals surface area contributed by atoms with E-state index in [1.807, 2.05) is 18.3 Å². The fourth-order valence-corrected chi connectivity index (χ4v) is 4.20. The number of benzene rings is 1. The first-order valence-corrected chi connectivity index (χ1v) is 10.3. The quantitative estimate of drug-likeness (QED) is 0.525. The molecular formula is C24H23N5O. The summed E-state index contributed by atoms with van der Waals surface area (Å²) in [5.74, 6) is 1.52. The van der Waals surface area contributed by atoms with E-state index in [1.165, 1.54) is 10.8 Å². The van der Waals surface area contributed by atoms with Crippen LogP contribution in [0.5, 0.6) is 0 Å². The summed E-state index contributed by atoms with van der Waals surface area (Å²) in [6, 6.07) is 15.8. The van der Waals surface area contributed by atoms with Crippen LogP contribution in [-0.4, -0.2) is 32.6 Å². The summed E-state index contributed by atoms with van der Waals surface area (Å²) in [6.45, 7) is 2.60. The van der Waals surface area contributed by atoms with E-state index in [0.717, 1.165) is 37.3 Å². The third-order valence-corrected chi connectivity index (χ3v) is 5.88. The van der Waals surface area contributed by atoms with E-state index in [0.29, 0.717) is 18.2 Å². The fraction of sp³-hybridized carbons (Fsp3) is 0.250. The fourth-order valence-electron chi connectivity index (χ4n) is 4.20. The molecule has 0 unspecified atom stereocenters. The van der Waals surface area contributed by atoms with Gasteiger partial charge in [-0.25, -0.2) is 9.97 Å². The average Bonchev–Trinajstić information content (AvgIpc) is 2.81. The monoisotopic (exact) mass is 397 g/mol. The highest BCUT2D eigenvalue weighted by molar-refractivity contribution is 5.92. The maximum absolute atomic E-state index is 12.6. The van der Waals surface area contributed by atoms with E-state index in [-0.39, 0.29) is 5.56 Å². The van der Waals surface area contributed by atoms with Crippen molar-refractivity contribution in [3.8, 4) is 11.3 Å². The Morgan fingerprint density at radius 2 is 1.73 bits per heavy atom. The molecule has 3 aromatic heterocycles. The summed E-state index contributed by atoms with van der Waals surface area (Å²) < 4.78 is 1.74. The number of rotatable bonds is 4. The van der Waals surface area contributed by atoms with E-state index >= 15 is 0 Å². The number of fused-ring (bicyclic) bond motifs is 1. The number of hydrogen-bond donors (Lipinski definition) is 0. The van der Waals surface area contributed by atoms with Crippen LogP contribution in [0.2, 0.25) is 0 Å². The molecule has 0 N–H and O–H groups in total. The smallest absolute Gasteiger partial charge is 0.253 e. The molecule has 1 aliphatic rings. The van der Waals surface area contributed by atoms with Crippen LogP contribution < -0.4 is 10.5 Å². The second kappa shape index (κ2) is 8.06. The topological polar surface area (TPSA) is 63.9 Å². The first-order chi connectivity index (χ1) is 14.8. The molecular weight excluding hydrogens is 374 g/mol. The second-order valence-corrected chi connectivity index (χ2v) is 7.79. The van der Waals surface area contributed by atoms with Gasteiger partial charge in [-0.15, -0.1) is 0 Å². The molecule has 0 atom stereocenters. The number of nitrogens with zero attached hydrogens (tertiary/aromatic N) is 5. The van der Waals surface area contributed by atoms with Gasteiger partial charge in [-0.1, -0.05) is 24.3 Å². The third-order valence-electron chi connectivity index (χ3n) is 5.88. The van der Waals surface area contributed by atoms with Gasteiger partial charge < -0.3 is 4.90 Å². The minimum absolute atomic E-state index is 0.00466. The highest BCUT2D eigenvalue weighted by Crippen LogP contribution is 2.28. The highest BCUT2D eigenvalue weighted by Gasteiger charge is 2.22. The molecule has 0 amide bonds. The summed E-state index contributed by atoms with van der Waals surface area (Å²) >= 11 is 0. The van der Waals surface area contributed by atoms with Crippen molar-refractivity contribution < 1.29 is 0 Å². The van der Waals surface area contributed by atoms with Gasteiger partial charge in [0.05, 0.1) is 12.0 Å². The Balaban J connectivity index is 1.27. The van der Waals surface area contributed by atoms with Gasteiger partial charge in [0.1, 0.15) is 5.82 Å². The Bertz CT molecular complexity index is 1210. The molecule has 5 rings (SSSR count). The molecule has 6 nitrogen and oxygen atoms in total. The lowest BCUT2D eigenvalue weighted by molar-refractivity contribution is 0.350. The third kappa shape index (κ3) is 3.68. The van der Waals surface area contributed by atoms with Crippen LogP contribution in [0.15, 0.2) is 78.2 Å². The zero-order valence-corrected chi connectivity index (χ0v) is 16.7. The minimum Gasteiger partial charge on any atom is -0.356 e. The number of aromatic nitrogens is 4. The van der Waals surface area contributed by atoms with Gasteiger partial charge in [-0.05, 0) is 42.3 Å². The van der Waals surface area contributed by atoms with Gasteiger partial charge >= 0.3 is 0 Å². The van der Waals surface area contributed by atoms with Crippen molar-refractivity contribution in [1.82, 2.24) is 19.5 Å². The number of hydrogen-bond acceptors (Lipinski definition) is 5. The summed E-state index contributed by atoms with van der Waals surface area (Å²) in [5.41, 5.74) is 1.59. The van der Waals surface area contributed by atoms with E-state index in [2.05, 4.69) is 50.2 Å². The number of anilines is 1. The summed E-state index contributed by atoms with van der Waals surface area (Å²) in [4.78, 5) is 28.1. The number of piperidine rings is 1. The first-order valence-electron chi connectivity index (χ1n) is 10.3. The van der Waals surface area contributed by atoms with Crippen LogP contribution in [0.1, 0.15) is 12.8 Å². The highest BCUT2D eigenvalue weighted by atomic mass is 16.1. The molecule has 1 aromatic carbocycles. The van der Waals surface area contributed by atoms with Crippen molar-refractivity contribution in [2.75, 3.05) is 18.0 Å². The van der Waals surface area contributed by atoms with Crippen molar-refractivity contribution in [1.29, 1.82) is 0 Å². The van der Waals surface area contributed by atoms with Crippen molar-refractivity contribution >= 4 is 16.6 Å². The van der Waals surface area contributed by atoms with Crippen molar-refractivity contribution in [2.45, 2.75) is 19.4 Å². The number of pyridine rings is 2. The van der Waals surface area contributed by atoms with Crippen molar-refractivity contribution in [3.05, 3.63) is 83.8 Å². The van der Waals surface area contributed by atoms with Gasteiger partial charge in [0.2, 0.25) is 0 Å². The van der Waals surface area contributed by atoms with Crippen LogP contribution in [0, 0.1) is 5.92 Å². The Labute approximate surface area is 174 Å². The molecule has 150 valence electrons. The Morgan fingerprint density at radius 3 is 2.53 bits per heavy atom. The molecule has 0 saturated carbocycles. The van der Waals surface area contributed by atoms with Gasteiger partial charge in [0, 0.05) is 55.2 Å². The molecule has 0 radical (unpaired) electrons. The lowest BCUT2D eigenvalue weighted by atomic mass is 9.96. The molecule has 6 heteroatoms. The zero-order chi connectivity index (χ0) is 20.3. The van der Waals surface area contributed by atoms with E-state index in [1.54, 1.807) is 29.4 Å². The zero-order valence-electron chi connectivity index (χ0n) is 16.7. The largest absolute Gasteiger partial charge is 0.356 e. The second-order valence-electron chi connectivity index (χ2n) is 7.79. The normalized spacial score (nSPS) is 14.9. The maximum Gasteiger partial charge on any atom is 0.253 e. The van der Waals surface area contributed by atoms with Gasteiger partial charge in [0.25, 0.3) is 5.56 Å². The average molecular weight is 397 g/mol. The van der Waals surface area contributed by atoms with Crippen LogP contribution in [-0.2, 0) is 6.54 Å². The van der Waals surface area contributed by atoms with Crippen LogP contribution in [0.4, 0.5) is 5.82 Å². The predicted molar refractivity (Wildman–Crippen MR) is 118 cm³/mol. The summed E-state index contributed by atoms with van der Waals surface area (Å²) in [7, 11) is 0. The minimum atomic E-state index is -0.00466. The lowest BCUT2D eigenvalue weighted by Gasteiger charge is -2.33. The molecule has 1 aliphatic heterocycles. The van der Waals surface area contributed by atoms with Crippen LogP contribution >= 0.6 is 0 Å². The molecule has 0 spiro atoms. The van der Waals surface area contributed by atoms with E-state index < -0.39 is 0 Å². The molecule has 1 saturated heterocycles. The molecule has 30 heavy (non-hydrogen) atoms. The molecule has 4 aromatic rings. The molecule has 1 fully saturated rings. The Kier molecular flexibility index (Phi) is 4.97. The van der Waals surface area contributed by atoms with E-state index in [9.17, 15) is 4.79 Å². The lowest BCUT2D eigenvalue weighted by Crippen LogP contribution is -2.36. The van der Waals surface area contributed by atoms with Gasteiger partial charge in [-0.2, -0.15) is 0 Å². The van der Waals surface area contributed by atoms with E-state index in [4.69, 9.17) is 0 Å². The summed E-state index contributed by atoms with van der Waals surface area (Å²) in [5, 5.41) is 2.42. The van der Waals surface area contributed by atoms with Gasteiger partial charge in [-0.3, -0.25) is 14.3 Å². The molecule has 0 aliphatic carbocycles. The molecule has 0 bridgehead atoms. The van der Waals surface area contributed by atoms with Crippen LogP contribution in [0.3, 0.4) is 0 Å². The SMILES string of the molecule is O=c1cc(-c2ccncc2)ncn1CC1CCN(c2nccc3ccccc23)CC1. The Morgan fingerprint density at radius 1 is 0.933 bits per heavy atom. The maximum atomic E-state index is 12.6. The summed E-state index contributed by atoms with van der Waals surface area (Å²) in [6.07, 6.45) is 9.05. The van der Waals surface area contributed by atoms with Crippen LogP contribution in [0.25, 0.3) is 22.0 Å². The van der Waals surface area contributed by atoms with Crippen molar-refractivity contribution in [3.63, 3.8) is 0 Å². The standard InChI is InChI=1S/C24H23N5O/c30-23-15-22(20-5-10-25-11-6-20)27-17-29(23)16-18-8-13-28(14-9-18)24-21-4-2-1-3-19(21)7-12-26-24/h1-7,10-12,15,17-18H,8-9,13-14,16H2. The van der Waals surface area contributed by atoms with Crippen molar-refractivity contribution in [2.24, 2.45) is 5.92 Å². The Hall–Kier alpha value is -3.54. The predicted octanol–water partition coefficient (Wildman–Crippen LogP) is 3.77.